The molecule has 1 amide bonds. The molecule has 1 aromatic carbocycles. The van der Waals surface area contributed by atoms with Gasteiger partial charge in [0.1, 0.15) is 5.75 Å². The van der Waals surface area contributed by atoms with Crippen molar-refractivity contribution in [3.05, 3.63) is 46.3 Å². The Kier molecular flexibility index (Phi) is 5.08. The summed E-state index contributed by atoms with van der Waals surface area (Å²) in [6, 6.07) is 5.83. The first-order valence-electron chi connectivity index (χ1n) is 8.53. The number of hydrogen-bond donors (Lipinski definition) is 1. The van der Waals surface area contributed by atoms with Crippen LogP contribution in [0.2, 0.25) is 0 Å². The second kappa shape index (κ2) is 7.27. The summed E-state index contributed by atoms with van der Waals surface area (Å²) in [5.74, 6) is 0.907. The van der Waals surface area contributed by atoms with Crippen LogP contribution in [-0.2, 0) is 16.0 Å². The van der Waals surface area contributed by atoms with E-state index < -0.39 is 0 Å². The van der Waals surface area contributed by atoms with Crippen molar-refractivity contribution in [3.8, 4) is 5.75 Å². The van der Waals surface area contributed by atoms with Gasteiger partial charge in [-0.1, -0.05) is 12.1 Å². The minimum atomic E-state index is -0.0904. The average Bonchev–Trinajstić information content (AvgIpc) is 2.95. The zero-order valence-electron chi connectivity index (χ0n) is 15.3. The summed E-state index contributed by atoms with van der Waals surface area (Å²) in [5.41, 5.74) is 4.99. The van der Waals surface area contributed by atoms with E-state index in [1.54, 1.807) is 7.11 Å². The molecule has 1 N–H and O–H groups in total. The Hall–Kier alpha value is -2.34. The molecular weight excluding hydrogens is 318 g/mol. The van der Waals surface area contributed by atoms with Gasteiger partial charge in [-0.05, 0) is 38.0 Å². The lowest BCUT2D eigenvalue weighted by Gasteiger charge is -2.36. The van der Waals surface area contributed by atoms with Gasteiger partial charge in [0.2, 0.25) is 5.91 Å². The molecule has 6 heteroatoms. The van der Waals surface area contributed by atoms with Crippen molar-refractivity contribution in [3.63, 3.8) is 0 Å². The lowest BCUT2D eigenvalue weighted by molar-refractivity contribution is -0.139. The van der Waals surface area contributed by atoms with Gasteiger partial charge in [-0.25, -0.2) is 0 Å². The molecule has 1 aliphatic rings. The highest BCUT2D eigenvalue weighted by molar-refractivity contribution is 5.79. The maximum atomic E-state index is 13.0. The number of rotatable bonds is 4. The Morgan fingerprint density at radius 3 is 2.88 bits per heavy atom. The molecule has 1 unspecified atom stereocenters. The lowest BCUT2D eigenvalue weighted by Crippen LogP contribution is -2.44. The third-order valence-electron chi connectivity index (χ3n) is 4.79. The van der Waals surface area contributed by atoms with Gasteiger partial charge in [-0.15, -0.1) is 0 Å². The van der Waals surface area contributed by atoms with E-state index in [0.29, 0.717) is 26.2 Å². The smallest absolute Gasteiger partial charge is 0.227 e. The summed E-state index contributed by atoms with van der Waals surface area (Å²) < 4.78 is 11.0. The van der Waals surface area contributed by atoms with Crippen LogP contribution in [0.15, 0.2) is 18.2 Å². The van der Waals surface area contributed by atoms with Gasteiger partial charge in [-0.2, -0.15) is 5.10 Å². The zero-order valence-corrected chi connectivity index (χ0v) is 15.3. The molecule has 0 aliphatic carbocycles. The number of carbonyl (C=O) groups excluding carboxylic acids is 1. The Balaban J connectivity index is 1.82. The number of ether oxygens (including phenoxy) is 2. The Morgan fingerprint density at radius 2 is 2.20 bits per heavy atom. The minimum Gasteiger partial charge on any atom is -0.496 e. The molecule has 25 heavy (non-hydrogen) atoms. The van der Waals surface area contributed by atoms with Crippen LogP contribution in [0.25, 0.3) is 0 Å². The molecule has 1 aliphatic heterocycles. The molecule has 1 fully saturated rings. The van der Waals surface area contributed by atoms with Crippen molar-refractivity contribution < 1.29 is 14.3 Å². The second-order valence-corrected chi connectivity index (χ2v) is 6.51. The van der Waals surface area contributed by atoms with E-state index in [1.165, 1.54) is 0 Å². The highest BCUT2D eigenvalue weighted by Crippen LogP contribution is 2.29. The van der Waals surface area contributed by atoms with Crippen molar-refractivity contribution in [2.24, 2.45) is 0 Å². The fraction of sp³-hybridized carbons (Fsp3) is 0.474. The van der Waals surface area contributed by atoms with Crippen molar-refractivity contribution in [2.45, 2.75) is 33.2 Å². The van der Waals surface area contributed by atoms with Crippen LogP contribution >= 0.6 is 0 Å². The highest BCUT2D eigenvalue weighted by atomic mass is 16.5. The van der Waals surface area contributed by atoms with Gasteiger partial charge in [0.05, 0.1) is 38.5 Å². The van der Waals surface area contributed by atoms with Crippen LogP contribution in [0.5, 0.6) is 5.75 Å². The normalized spacial score (nSPS) is 17.6. The monoisotopic (exact) mass is 343 g/mol. The molecule has 0 saturated carbocycles. The Bertz CT molecular complexity index is 750. The predicted octanol–water partition coefficient (Wildman–Crippen LogP) is 2.49. The van der Waals surface area contributed by atoms with Crippen LogP contribution < -0.4 is 4.74 Å². The molecule has 2 aromatic rings. The largest absolute Gasteiger partial charge is 0.496 e. The quantitative estimate of drug-likeness (QED) is 0.926. The first-order valence-corrected chi connectivity index (χ1v) is 8.53. The number of aromatic amines is 1. The number of amides is 1. The molecule has 1 aromatic heterocycles. The molecular formula is C19H25N3O3. The minimum absolute atomic E-state index is 0.0904. The van der Waals surface area contributed by atoms with E-state index in [4.69, 9.17) is 9.47 Å². The molecule has 0 bridgehead atoms. The summed E-state index contributed by atoms with van der Waals surface area (Å²) >= 11 is 0. The van der Waals surface area contributed by atoms with E-state index in [2.05, 4.69) is 10.2 Å². The predicted molar refractivity (Wildman–Crippen MR) is 94.8 cm³/mol. The molecule has 134 valence electrons. The zero-order chi connectivity index (χ0) is 18.0. The van der Waals surface area contributed by atoms with Gasteiger partial charge >= 0.3 is 0 Å². The number of benzene rings is 1. The first-order chi connectivity index (χ1) is 12.0. The summed E-state index contributed by atoms with van der Waals surface area (Å²) in [5, 5.41) is 7.27. The Morgan fingerprint density at radius 1 is 1.40 bits per heavy atom. The summed E-state index contributed by atoms with van der Waals surface area (Å²) in [4.78, 5) is 14.9. The number of methoxy groups -OCH3 is 1. The molecule has 0 spiro atoms. The molecule has 0 radical (unpaired) electrons. The van der Waals surface area contributed by atoms with Gasteiger partial charge in [0.15, 0.2) is 0 Å². The maximum Gasteiger partial charge on any atom is 0.227 e. The topological polar surface area (TPSA) is 67.4 Å². The molecule has 6 nitrogen and oxygen atoms in total. The average molecular weight is 343 g/mol. The van der Waals surface area contributed by atoms with Crippen LogP contribution in [-0.4, -0.2) is 47.9 Å². The van der Waals surface area contributed by atoms with Crippen LogP contribution in [0.1, 0.15) is 34.1 Å². The van der Waals surface area contributed by atoms with Gasteiger partial charge in [0.25, 0.3) is 0 Å². The van der Waals surface area contributed by atoms with Crippen molar-refractivity contribution in [2.75, 3.05) is 26.9 Å². The second-order valence-electron chi connectivity index (χ2n) is 6.51. The summed E-state index contributed by atoms with van der Waals surface area (Å²) in [7, 11) is 1.65. The number of H-pyrrole nitrogens is 1. The number of aryl methyl sites for hydroxylation is 3. The van der Waals surface area contributed by atoms with E-state index in [9.17, 15) is 4.79 Å². The molecule has 3 rings (SSSR count). The summed E-state index contributed by atoms with van der Waals surface area (Å²) in [6.07, 6.45) is 0.350. The summed E-state index contributed by atoms with van der Waals surface area (Å²) in [6.45, 7) is 7.60. The number of carbonyl (C=O) groups is 1. The van der Waals surface area contributed by atoms with Crippen LogP contribution in [0, 0.1) is 20.8 Å². The number of nitrogens with one attached hydrogen (secondary N) is 1. The number of hydrogen-bond acceptors (Lipinski definition) is 4. The van der Waals surface area contributed by atoms with E-state index >= 15 is 0 Å². The SMILES string of the molecule is COc1cc(CC(=O)N2CCOCC2c2c(C)n[nH]c2C)ccc1C. The standard InChI is InChI=1S/C19H25N3O3/c1-12-5-6-15(9-17(12)24-4)10-18(23)22-7-8-25-11-16(22)19-13(2)20-21-14(19)3/h5-6,9,16H,7-8,10-11H2,1-4H3,(H,20,21). The molecule has 1 saturated heterocycles. The van der Waals surface area contributed by atoms with Crippen molar-refractivity contribution >= 4 is 5.91 Å². The molecule has 2 heterocycles. The highest BCUT2D eigenvalue weighted by Gasteiger charge is 2.31. The van der Waals surface area contributed by atoms with E-state index in [1.807, 2.05) is 43.9 Å². The fourth-order valence-electron chi connectivity index (χ4n) is 3.44. The number of nitrogens with zero attached hydrogens (tertiary/aromatic N) is 2. The third-order valence-corrected chi connectivity index (χ3v) is 4.79. The van der Waals surface area contributed by atoms with Crippen LogP contribution in [0.4, 0.5) is 0 Å². The Labute approximate surface area is 148 Å². The lowest BCUT2D eigenvalue weighted by atomic mass is 10.0. The van der Waals surface area contributed by atoms with Crippen LogP contribution in [0.3, 0.4) is 0 Å². The van der Waals surface area contributed by atoms with Gasteiger partial charge < -0.3 is 14.4 Å². The maximum absolute atomic E-state index is 13.0. The van der Waals surface area contributed by atoms with Gasteiger partial charge in [-0.3, -0.25) is 9.89 Å². The third kappa shape index (κ3) is 3.54. The number of morpholine rings is 1. The first kappa shape index (κ1) is 17.5. The van der Waals surface area contributed by atoms with E-state index in [-0.39, 0.29) is 11.9 Å². The van der Waals surface area contributed by atoms with E-state index in [0.717, 1.165) is 33.8 Å². The van der Waals surface area contributed by atoms with Gasteiger partial charge in [0, 0.05) is 17.8 Å². The van der Waals surface area contributed by atoms with Crippen molar-refractivity contribution in [1.82, 2.24) is 15.1 Å². The van der Waals surface area contributed by atoms with Crippen molar-refractivity contribution in [1.29, 1.82) is 0 Å². The molecule has 1 atom stereocenters. The number of aromatic nitrogens is 2. The fourth-order valence-corrected chi connectivity index (χ4v) is 3.44.